The van der Waals surface area contributed by atoms with Crippen molar-refractivity contribution in [1.29, 1.82) is 0 Å². The van der Waals surface area contributed by atoms with E-state index in [1.54, 1.807) is 0 Å². The van der Waals surface area contributed by atoms with Gasteiger partial charge in [-0.05, 0) is 31.5 Å². The lowest BCUT2D eigenvalue weighted by molar-refractivity contribution is 0.104. The first-order chi connectivity index (χ1) is 10.8. The van der Waals surface area contributed by atoms with Crippen LogP contribution < -0.4 is 0 Å². The smallest absolute Gasteiger partial charge is 0.0736 e. The van der Waals surface area contributed by atoms with Crippen molar-refractivity contribution in [3.63, 3.8) is 0 Å². The number of ether oxygens (including phenoxy) is 1. The highest BCUT2D eigenvalue weighted by Crippen LogP contribution is 2.28. The molecule has 1 aliphatic heterocycles. The van der Waals surface area contributed by atoms with E-state index in [9.17, 15) is 0 Å². The lowest BCUT2D eigenvalue weighted by Crippen LogP contribution is -2.34. The van der Waals surface area contributed by atoms with Gasteiger partial charge in [0.15, 0.2) is 0 Å². The molecule has 0 spiro atoms. The maximum atomic E-state index is 5.69. The molecule has 118 valence electrons. The van der Waals surface area contributed by atoms with Crippen LogP contribution in [-0.4, -0.2) is 39.4 Å². The second-order valence-electron chi connectivity index (χ2n) is 5.78. The second kappa shape index (κ2) is 7.03. The van der Waals surface area contributed by atoms with Crippen LogP contribution in [0.2, 0.25) is 0 Å². The van der Waals surface area contributed by atoms with E-state index >= 15 is 0 Å². The molecule has 3 heterocycles. The maximum Gasteiger partial charge on any atom is 0.0736 e. The molecular weight excluding hydrogens is 276 g/mol. The zero-order valence-electron chi connectivity index (χ0n) is 13.4. The van der Waals surface area contributed by atoms with Crippen LogP contribution in [0.25, 0.3) is 0 Å². The lowest BCUT2D eigenvalue weighted by atomic mass is 9.97. The minimum Gasteiger partial charge on any atom is -0.381 e. The Morgan fingerprint density at radius 1 is 1.27 bits per heavy atom. The van der Waals surface area contributed by atoms with E-state index in [1.807, 2.05) is 24.0 Å². The molecule has 1 aliphatic rings. The van der Waals surface area contributed by atoms with Crippen LogP contribution in [-0.2, 0) is 24.4 Å². The molecule has 1 atom stereocenters. The Balaban J connectivity index is 1.77. The molecule has 0 amide bonds. The highest BCUT2D eigenvalue weighted by Gasteiger charge is 2.28. The number of hydrogen-bond donors (Lipinski definition) is 0. The summed E-state index contributed by atoms with van der Waals surface area (Å²) in [5.41, 5.74) is 3.87. The van der Waals surface area contributed by atoms with E-state index in [2.05, 4.69) is 35.1 Å². The fourth-order valence-corrected chi connectivity index (χ4v) is 3.07. The summed E-state index contributed by atoms with van der Waals surface area (Å²) in [5.74, 6) is 0.360. The molecule has 0 saturated carbocycles. The zero-order chi connectivity index (χ0) is 15.4. The first-order valence-corrected chi connectivity index (χ1v) is 8.05. The predicted octanol–water partition coefficient (Wildman–Crippen LogP) is 2.43. The zero-order valence-corrected chi connectivity index (χ0v) is 13.4. The summed E-state index contributed by atoms with van der Waals surface area (Å²) in [5, 5.41) is 4.75. The van der Waals surface area contributed by atoms with Crippen LogP contribution in [0.4, 0.5) is 0 Å². The Hall–Kier alpha value is -1.72. The van der Waals surface area contributed by atoms with Crippen LogP contribution in [0.3, 0.4) is 0 Å². The summed E-state index contributed by atoms with van der Waals surface area (Å²) in [6.45, 7) is 9.49. The predicted molar refractivity (Wildman–Crippen MR) is 85.5 cm³/mol. The van der Waals surface area contributed by atoms with Crippen molar-refractivity contribution in [1.82, 2.24) is 19.7 Å². The van der Waals surface area contributed by atoms with Crippen LogP contribution in [0, 0.1) is 0 Å². The number of fused-ring (bicyclic) bond motifs is 1. The molecule has 0 aromatic carbocycles. The van der Waals surface area contributed by atoms with Gasteiger partial charge in [0.05, 0.1) is 12.3 Å². The summed E-state index contributed by atoms with van der Waals surface area (Å²) in [6, 6.07) is 4.17. The van der Waals surface area contributed by atoms with E-state index in [0.717, 1.165) is 39.4 Å². The Kier molecular flexibility index (Phi) is 4.85. The minimum absolute atomic E-state index is 0.360. The normalized spacial score (nSPS) is 18.4. The molecule has 0 fully saturated rings. The number of nitrogens with zero attached hydrogens (tertiary/aromatic N) is 4. The van der Waals surface area contributed by atoms with E-state index in [0.29, 0.717) is 5.92 Å². The van der Waals surface area contributed by atoms with E-state index in [-0.39, 0.29) is 0 Å². The van der Waals surface area contributed by atoms with Crippen molar-refractivity contribution < 1.29 is 4.74 Å². The van der Waals surface area contributed by atoms with Crippen molar-refractivity contribution >= 4 is 0 Å². The Labute approximate surface area is 131 Å². The van der Waals surface area contributed by atoms with Gasteiger partial charge in [0, 0.05) is 62.9 Å². The molecule has 0 saturated heterocycles. The fraction of sp³-hybridized carbons (Fsp3) is 0.529. The fourth-order valence-electron chi connectivity index (χ4n) is 3.07. The van der Waals surface area contributed by atoms with Crippen molar-refractivity contribution in [3.05, 3.63) is 47.5 Å². The quantitative estimate of drug-likeness (QED) is 0.822. The number of aromatic nitrogens is 3. The molecule has 0 radical (unpaired) electrons. The molecule has 3 rings (SSSR count). The van der Waals surface area contributed by atoms with Crippen molar-refractivity contribution in [2.75, 3.05) is 19.8 Å². The molecule has 5 nitrogen and oxygen atoms in total. The first-order valence-electron chi connectivity index (χ1n) is 8.05. The van der Waals surface area contributed by atoms with Gasteiger partial charge in [-0.25, -0.2) is 0 Å². The number of aryl methyl sites for hydroxylation is 1. The van der Waals surface area contributed by atoms with E-state index in [1.165, 1.54) is 16.8 Å². The van der Waals surface area contributed by atoms with Gasteiger partial charge in [0.1, 0.15) is 0 Å². The molecule has 2 aromatic heterocycles. The molecule has 5 heteroatoms. The lowest BCUT2D eigenvalue weighted by Gasteiger charge is -2.31. The summed E-state index contributed by atoms with van der Waals surface area (Å²) in [4.78, 5) is 6.57. The highest BCUT2D eigenvalue weighted by atomic mass is 16.5. The molecule has 0 N–H and O–H groups in total. The second-order valence-corrected chi connectivity index (χ2v) is 5.78. The van der Waals surface area contributed by atoms with Crippen LogP contribution in [0.5, 0.6) is 0 Å². The number of rotatable bonds is 6. The molecule has 2 aromatic rings. The third kappa shape index (κ3) is 3.36. The molecule has 0 bridgehead atoms. The first kappa shape index (κ1) is 15.2. The van der Waals surface area contributed by atoms with Gasteiger partial charge in [-0.1, -0.05) is 0 Å². The molecule has 0 aliphatic carbocycles. The van der Waals surface area contributed by atoms with Gasteiger partial charge in [-0.15, -0.1) is 0 Å². The van der Waals surface area contributed by atoms with Gasteiger partial charge in [-0.3, -0.25) is 14.6 Å². The van der Waals surface area contributed by atoms with Gasteiger partial charge >= 0.3 is 0 Å². The van der Waals surface area contributed by atoms with Gasteiger partial charge in [0.2, 0.25) is 0 Å². The average molecular weight is 300 g/mol. The summed E-state index contributed by atoms with van der Waals surface area (Å²) >= 11 is 0. The molecule has 0 unspecified atom stereocenters. The number of hydrogen-bond acceptors (Lipinski definition) is 4. The van der Waals surface area contributed by atoms with Crippen molar-refractivity contribution in [2.24, 2.45) is 0 Å². The SMILES string of the molecule is CCOC[C@@H]1CN(Cc2ccncc2)Cc2cn(CC)nc21. The molecular formula is C17H24N4O. The van der Waals surface area contributed by atoms with Crippen LogP contribution >= 0.6 is 0 Å². The summed E-state index contributed by atoms with van der Waals surface area (Å²) in [6.07, 6.45) is 5.90. The third-order valence-electron chi connectivity index (χ3n) is 4.13. The summed E-state index contributed by atoms with van der Waals surface area (Å²) < 4.78 is 7.73. The van der Waals surface area contributed by atoms with Gasteiger partial charge in [0.25, 0.3) is 0 Å². The molecule has 22 heavy (non-hydrogen) atoms. The number of pyridine rings is 1. The standard InChI is InChI=1S/C17H24N4O/c1-3-21-12-15-10-20(9-14-5-7-18-8-6-14)11-16(13-22-4-2)17(15)19-21/h5-8,12,16H,3-4,9-11,13H2,1-2H3/t16-/m0/s1. The van der Waals surface area contributed by atoms with Gasteiger partial charge < -0.3 is 4.74 Å². The Morgan fingerprint density at radius 2 is 2.09 bits per heavy atom. The highest BCUT2D eigenvalue weighted by molar-refractivity contribution is 5.25. The van der Waals surface area contributed by atoms with Crippen LogP contribution in [0.15, 0.2) is 30.7 Å². The maximum absolute atomic E-state index is 5.69. The van der Waals surface area contributed by atoms with Crippen molar-refractivity contribution in [2.45, 2.75) is 39.4 Å². The van der Waals surface area contributed by atoms with E-state index < -0.39 is 0 Å². The van der Waals surface area contributed by atoms with E-state index in [4.69, 9.17) is 9.84 Å². The van der Waals surface area contributed by atoms with Crippen LogP contribution in [0.1, 0.15) is 36.6 Å². The third-order valence-corrected chi connectivity index (χ3v) is 4.13. The summed E-state index contributed by atoms with van der Waals surface area (Å²) in [7, 11) is 0. The minimum atomic E-state index is 0.360. The largest absolute Gasteiger partial charge is 0.381 e. The Morgan fingerprint density at radius 3 is 2.82 bits per heavy atom. The topological polar surface area (TPSA) is 43.2 Å². The van der Waals surface area contributed by atoms with Crippen molar-refractivity contribution in [3.8, 4) is 0 Å². The van der Waals surface area contributed by atoms with Gasteiger partial charge in [-0.2, -0.15) is 5.10 Å². The monoisotopic (exact) mass is 300 g/mol. The average Bonchev–Trinajstić information content (AvgIpc) is 2.97. The Bertz CT molecular complexity index is 596.